The summed E-state index contributed by atoms with van der Waals surface area (Å²) in [5, 5.41) is 1.68. The van der Waals surface area contributed by atoms with Crippen LogP contribution in [0.4, 0.5) is 5.69 Å². The number of carbonyl (C=O) groups is 3. The molecule has 1 aliphatic heterocycles. The van der Waals surface area contributed by atoms with Crippen molar-refractivity contribution in [1.29, 1.82) is 0 Å². The van der Waals surface area contributed by atoms with Gasteiger partial charge in [-0.05, 0) is 43.5 Å². The molecule has 3 atom stereocenters. The number of benzene rings is 1. The Kier molecular flexibility index (Phi) is 7.92. The molecule has 2 heterocycles. The van der Waals surface area contributed by atoms with E-state index in [1.165, 1.54) is 30.0 Å². The second kappa shape index (κ2) is 10.6. The van der Waals surface area contributed by atoms with Crippen molar-refractivity contribution in [1.82, 2.24) is 0 Å². The minimum absolute atomic E-state index is 0.188. The molecule has 0 unspecified atom stereocenters. The highest BCUT2D eigenvalue weighted by Crippen LogP contribution is 2.47. The van der Waals surface area contributed by atoms with Gasteiger partial charge < -0.3 is 9.47 Å². The molecule has 2 aromatic rings. The van der Waals surface area contributed by atoms with E-state index in [2.05, 4.69) is 0 Å². The minimum atomic E-state index is -0.836. The maximum absolute atomic E-state index is 13.0. The number of thioether (sulfide) groups is 1. The first-order chi connectivity index (χ1) is 15.0. The van der Waals surface area contributed by atoms with E-state index in [-0.39, 0.29) is 19.1 Å². The standard InChI is InChI=1S/C23H25NO5S2/c1-4-28-22(26)20-17(18-12-9-13-30-18)14-19(31-21(20)23(27)29-5-2)24(15(3)25)16-10-7-6-8-11-16/h6-14,17,20-21H,4-5H2,1-3H3/t17-,20-,21-/m1/s1. The Labute approximate surface area is 190 Å². The Morgan fingerprint density at radius 2 is 1.65 bits per heavy atom. The third kappa shape index (κ3) is 5.19. The van der Waals surface area contributed by atoms with E-state index < -0.39 is 29.0 Å². The highest BCUT2D eigenvalue weighted by molar-refractivity contribution is 8.04. The summed E-state index contributed by atoms with van der Waals surface area (Å²) in [7, 11) is 0. The van der Waals surface area contributed by atoms with Gasteiger partial charge in [0.05, 0.1) is 24.2 Å². The number of anilines is 1. The van der Waals surface area contributed by atoms with Crippen molar-refractivity contribution in [2.24, 2.45) is 5.92 Å². The van der Waals surface area contributed by atoms with Crippen LogP contribution in [0.25, 0.3) is 0 Å². The van der Waals surface area contributed by atoms with Gasteiger partial charge in [0.2, 0.25) is 5.91 Å². The molecule has 0 aliphatic carbocycles. The molecule has 8 heteroatoms. The maximum Gasteiger partial charge on any atom is 0.320 e. The lowest BCUT2D eigenvalue weighted by Gasteiger charge is -2.36. The topological polar surface area (TPSA) is 72.9 Å². The molecule has 1 amide bonds. The van der Waals surface area contributed by atoms with Crippen molar-refractivity contribution in [2.75, 3.05) is 18.1 Å². The molecule has 0 spiro atoms. The Morgan fingerprint density at radius 1 is 0.968 bits per heavy atom. The van der Waals surface area contributed by atoms with Crippen LogP contribution in [-0.2, 0) is 23.9 Å². The van der Waals surface area contributed by atoms with Gasteiger partial charge in [-0.2, -0.15) is 0 Å². The van der Waals surface area contributed by atoms with Gasteiger partial charge in [-0.15, -0.1) is 11.3 Å². The molecule has 0 fully saturated rings. The zero-order valence-corrected chi connectivity index (χ0v) is 19.3. The first-order valence-corrected chi connectivity index (χ1v) is 11.8. The number of thiophene rings is 1. The smallest absolute Gasteiger partial charge is 0.320 e. The average Bonchev–Trinajstić information content (AvgIpc) is 3.29. The number of rotatable bonds is 7. The van der Waals surface area contributed by atoms with Crippen LogP contribution in [0.15, 0.2) is 58.9 Å². The van der Waals surface area contributed by atoms with Crippen LogP contribution in [0.3, 0.4) is 0 Å². The predicted octanol–water partition coefficient (Wildman–Crippen LogP) is 4.58. The second-order valence-electron chi connectivity index (χ2n) is 6.80. The number of esters is 2. The molecular weight excluding hydrogens is 434 g/mol. The van der Waals surface area contributed by atoms with Crippen LogP contribution in [0.5, 0.6) is 0 Å². The van der Waals surface area contributed by atoms with E-state index in [1.54, 1.807) is 18.7 Å². The molecule has 164 valence electrons. The van der Waals surface area contributed by atoms with Crippen molar-refractivity contribution in [3.63, 3.8) is 0 Å². The number of para-hydroxylation sites is 1. The summed E-state index contributed by atoms with van der Waals surface area (Å²) in [6.07, 6.45) is 1.89. The molecule has 0 saturated carbocycles. The predicted molar refractivity (Wildman–Crippen MR) is 123 cm³/mol. The fourth-order valence-corrected chi connectivity index (χ4v) is 5.78. The highest BCUT2D eigenvalue weighted by atomic mass is 32.2. The van der Waals surface area contributed by atoms with Gasteiger partial charge in [-0.1, -0.05) is 36.0 Å². The quantitative estimate of drug-likeness (QED) is 0.564. The van der Waals surface area contributed by atoms with Crippen molar-refractivity contribution in [3.8, 4) is 0 Å². The number of ether oxygens (including phenoxy) is 2. The molecule has 0 radical (unpaired) electrons. The van der Waals surface area contributed by atoms with E-state index in [4.69, 9.17) is 9.47 Å². The number of amides is 1. The third-order valence-electron chi connectivity index (χ3n) is 4.78. The molecule has 0 saturated heterocycles. The molecule has 3 rings (SSSR count). The number of hydrogen-bond donors (Lipinski definition) is 0. The summed E-state index contributed by atoms with van der Waals surface area (Å²) in [4.78, 5) is 41.0. The molecule has 1 aromatic heterocycles. The van der Waals surface area contributed by atoms with E-state index in [0.29, 0.717) is 10.7 Å². The number of hydrogen-bond acceptors (Lipinski definition) is 7. The van der Waals surface area contributed by atoms with Gasteiger partial charge in [0, 0.05) is 23.4 Å². The first-order valence-electron chi connectivity index (χ1n) is 10.1. The third-order valence-corrected chi connectivity index (χ3v) is 7.06. The van der Waals surface area contributed by atoms with E-state index in [0.717, 1.165) is 4.88 Å². The van der Waals surface area contributed by atoms with Crippen molar-refractivity contribution >= 4 is 46.6 Å². The van der Waals surface area contributed by atoms with E-state index in [9.17, 15) is 14.4 Å². The Bertz CT molecular complexity index is 942. The number of carbonyl (C=O) groups excluding carboxylic acids is 3. The summed E-state index contributed by atoms with van der Waals surface area (Å²) in [5.74, 6) is -2.30. The molecule has 31 heavy (non-hydrogen) atoms. The molecule has 0 bridgehead atoms. The Morgan fingerprint density at radius 3 is 2.23 bits per heavy atom. The Balaban J connectivity index is 2.13. The van der Waals surface area contributed by atoms with Crippen LogP contribution in [0, 0.1) is 5.92 Å². The number of allylic oxidation sites excluding steroid dienone is 1. The van der Waals surface area contributed by atoms with Gasteiger partial charge in [0.1, 0.15) is 5.25 Å². The summed E-state index contributed by atoms with van der Waals surface area (Å²) < 4.78 is 10.6. The molecule has 0 N–H and O–H groups in total. The van der Waals surface area contributed by atoms with Gasteiger partial charge in [0.25, 0.3) is 0 Å². The fourth-order valence-electron chi connectivity index (χ4n) is 3.52. The first kappa shape index (κ1) is 23.1. The SMILES string of the molecule is CCOC(=O)[C@@H]1[C@@H](c2cccs2)C=C(N(C(C)=O)c2ccccc2)S[C@H]1C(=O)OCC. The lowest BCUT2D eigenvalue weighted by Crippen LogP contribution is -2.42. The second-order valence-corrected chi connectivity index (χ2v) is 8.95. The van der Waals surface area contributed by atoms with Gasteiger partial charge >= 0.3 is 11.9 Å². The van der Waals surface area contributed by atoms with Crippen LogP contribution in [0.2, 0.25) is 0 Å². The van der Waals surface area contributed by atoms with Crippen molar-refractivity contribution < 1.29 is 23.9 Å². The molecular formula is C23H25NO5S2. The molecule has 6 nitrogen and oxygen atoms in total. The van der Waals surface area contributed by atoms with E-state index >= 15 is 0 Å². The highest BCUT2D eigenvalue weighted by Gasteiger charge is 2.47. The lowest BCUT2D eigenvalue weighted by atomic mass is 9.87. The lowest BCUT2D eigenvalue weighted by molar-refractivity contribution is -0.154. The normalized spacial score (nSPS) is 20.5. The monoisotopic (exact) mass is 459 g/mol. The van der Waals surface area contributed by atoms with Gasteiger partial charge in [-0.25, -0.2) is 0 Å². The van der Waals surface area contributed by atoms with Crippen molar-refractivity contribution in [2.45, 2.75) is 31.9 Å². The minimum Gasteiger partial charge on any atom is -0.466 e. The summed E-state index contributed by atoms with van der Waals surface area (Å²) >= 11 is 2.67. The van der Waals surface area contributed by atoms with Crippen LogP contribution in [0.1, 0.15) is 31.6 Å². The molecule has 1 aliphatic rings. The Hall–Kier alpha value is -2.58. The van der Waals surface area contributed by atoms with Crippen molar-refractivity contribution in [3.05, 3.63) is 63.8 Å². The maximum atomic E-state index is 13.0. The largest absolute Gasteiger partial charge is 0.466 e. The average molecular weight is 460 g/mol. The van der Waals surface area contributed by atoms with Crippen LogP contribution >= 0.6 is 23.1 Å². The number of nitrogens with zero attached hydrogens (tertiary/aromatic N) is 1. The van der Waals surface area contributed by atoms with Crippen LogP contribution in [-0.4, -0.2) is 36.3 Å². The zero-order chi connectivity index (χ0) is 22.4. The summed E-state index contributed by atoms with van der Waals surface area (Å²) in [6.45, 7) is 5.35. The molecule has 1 aromatic carbocycles. The van der Waals surface area contributed by atoms with Gasteiger partial charge in [-0.3, -0.25) is 19.3 Å². The summed E-state index contributed by atoms with van der Waals surface area (Å²) in [6, 6.07) is 13.1. The van der Waals surface area contributed by atoms with Crippen LogP contribution < -0.4 is 4.90 Å². The van der Waals surface area contributed by atoms with Gasteiger partial charge in [0.15, 0.2) is 0 Å². The fraction of sp³-hybridized carbons (Fsp3) is 0.348. The van der Waals surface area contributed by atoms with E-state index in [1.807, 2.05) is 53.9 Å². The zero-order valence-electron chi connectivity index (χ0n) is 17.6. The summed E-state index contributed by atoms with van der Waals surface area (Å²) in [5.41, 5.74) is 0.691.